The molecule has 2 nitrogen and oxygen atoms in total. The minimum absolute atomic E-state index is 0.689. The van der Waals surface area contributed by atoms with Crippen LogP contribution in [0.3, 0.4) is 0 Å². The van der Waals surface area contributed by atoms with Crippen LogP contribution in [0.1, 0.15) is 19.8 Å². The van der Waals surface area contributed by atoms with Crippen molar-refractivity contribution < 1.29 is 0 Å². The first kappa shape index (κ1) is 10.3. The second-order valence-corrected chi connectivity index (χ2v) is 3.66. The molecule has 0 aliphatic carbocycles. The number of hydrogen-bond acceptors (Lipinski definition) is 1. The standard InChI is InChI=1S/C10H13BrN2/c1-2-5-10(12)13-9-7-4-3-6-8(9)11/h3-4,6-7H,2,5H2,1H3,(H2,12,13). The average Bonchev–Trinajstić information content (AvgIpc) is 2.09. The van der Waals surface area contributed by atoms with E-state index in [1.807, 2.05) is 24.3 Å². The van der Waals surface area contributed by atoms with Gasteiger partial charge in [0, 0.05) is 10.9 Å². The highest BCUT2D eigenvalue weighted by atomic mass is 79.9. The molecule has 0 radical (unpaired) electrons. The average molecular weight is 241 g/mol. The highest BCUT2D eigenvalue weighted by Crippen LogP contribution is 2.24. The van der Waals surface area contributed by atoms with E-state index in [0.717, 1.165) is 23.0 Å². The molecule has 1 aromatic carbocycles. The second kappa shape index (κ2) is 5.02. The molecule has 3 heteroatoms. The molecule has 0 bridgehead atoms. The van der Waals surface area contributed by atoms with Crippen LogP contribution >= 0.6 is 15.9 Å². The fourth-order valence-electron chi connectivity index (χ4n) is 1.01. The van der Waals surface area contributed by atoms with Crippen LogP contribution in [-0.4, -0.2) is 5.84 Å². The van der Waals surface area contributed by atoms with Gasteiger partial charge in [-0.3, -0.25) is 0 Å². The lowest BCUT2D eigenvalue weighted by Gasteiger charge is -2.00. The largest absolute Gasteiger partial charge is 0.387 e. The van der Waals surface area contributed by atoms with E-state index in [2.05, 4.69) is 27.8 Å². The maximum atomic E-state index is 5.71. The van der Waals surface area contributed by atoms with Gasteiger partial charge in [-0.05, 0) is 34.5 Å². The number of amidine groups is 1. The number of nitrogens with two attached hydrogens (primary N) is 1. The van der Waals surface area contributed by atoms with Crippen LogP contribution in [0.25, 0.3) is 0 Å². The van der Waals surface area contributed by atoms with Gasteiger partial charge in [-0.2, -0.15) is 0 Å². The fourth-order valence-corrected chi connectivity index (χ4v) is 1.38. The van der Waals surface area contributed by atoms with Crippen molar-refractivity contribution >= 4 is 27.5 Å². The van der Waals surface area contributed by atoms with Crippen molar-refractivity contribution in [2.45, 2.75) is 19.8 Å². The summed E-state index contributed by atoms with van der Waals surface area (Å²) in [6.07, 6.45) is 1.88. The van der Waals surface area contributed by atoms with Gasteiger partial charge < -0.3 is 5.73 Å². The van der Waals surface area contributed by atoms with Gasteiger partial charge in [0.25, 0.3) is 0 Å². The Morgan fingerprint density at radius 3 is 2.77 bits per heavy atom. The Morgan fingerprint density at radius 1 is 1.46 bits per heavy atom. The Kier molecular flexibility index (Phi) is 3.96. The monoisotopic (exact) mass is 240 g/mol. The van der Waals surface area contributed by atoms with Crippen LogP contribution in [0.2, 0.25) is 0 Å². The summed E-state index contributed by atoms with van der Waals surface area (Å²) in [6, 6.07) is 7.80. The SMILES string of the molecule is CCCC(N)=Nc1ccccc1Br. The maximum absolute atomic E-state index is 5.71. The van der Waals surface area contributed by atoms with E-state index in [-0.39, 0.29) is 0 Å². The second-order valence-electron chi connectivity index (χ2n) is 2.80. The van der Waals surface area contributed by atoms with Crippen molar-refractivity contribution in [3.63, 3.8) is 0 Å². The van der Waals surface area contributed by atoms with Gasteiger partial charge in [0.2, 0.25) is 0 Å². The molecule has 0 heterocycles. The Labute approximate surface area is 87.0 Å². The summed E-state index contributed by atoms with van der Waals surface area (Å²) in [5, 5.41) is 0. The number of nitrogens with zero attached hydrogens (tertiary/aromatic N) is 1. The molecule has 0 saturated heterocycles. The number of para-hydroxylation sites is 1. The first-order chi connectivity index (χ1) is 6.24. The van der Waals surface area contributed by atoms with Crippen molar-refractivity contribution in [3.8, 4) is 0 Å². The molecule has 0 aromatic heterocycles. The summed E-state index contributed by atoms with van der Waals surface area (Å²) in [5.74, 6) is 0.689. The Hall–Kier alpha value is -0.830. The van der Waals surface area contributed by atoms with Gasteiger partial charge in [0.1, 0.15) is 0 Å². The van der Waals surface area contributed by atoms with E-state index in [1.165, 1.54) is 0 Å². The van der Waals surface area contributed by atoms with Gasteiger partial charge in [0.15, 0.2) is 0 Å². The number of aliphatic imine (C=N–C) groups is 1. The van der Waals surface area contributed by atoms with Crippen LogP contribution in [0.15, 0.2) is 33.7 Å². The molecule has 0 aliphatic heterocycles. The summed E-state index contributed by atoms with van der Waals surface area (Å²) in [5.41, 5.74) is 6.61. The summed E-state index contributed by atoms with van der Waals surface area (Å²) >= 11 is 3.41. The van der Waals surface area contributed by atoms with Crippen LogP contribution in [0, 0.1) is 0 Å². The van der Waals surface area contributed by atoms with Crippen molar-refractivity contribution in [2.24, 2.45) is 10.7 Å². The molecule has 1 rings (SSSR count). The quantitative estimate of drug-likeness (QED) is 0.640. The van der Waals surface area contributed by atoms with Crippen molar-refractivity contribution in [1.29, 1.82) is 0 Å². The van der Waals surface area contributed by atoms with E-state index in [9.17, 15) is 0 Å². The van der Waals surface area contributed by atoms with Crippen molar-refractivity contribution in [2.75, 3.05) is 0 Å². The van der Waals surface area contributed by atoms with Crippen molar-refractivity contribution in [3.05, 3.63) is 28.7 Å². The van der Waals surface area contributed by atoms with E-state index in [0.29, 0.717) is 5.84 Å². The lowest BCUT2D eigenvalue weighted by molar-refractivity contribution is 0.983. The zero-order chi connectivity index (χ0) is 9.68. The van der Waals surface area contributed by atoms with E-state index in [4.69, 9.17) is 5.73 Å². The topological polar surface area (TPSA) is 38.4 Å². The lowest BCUT2D eigenvalue weighted by Crippen LogP contribution is -2.09. The first-order valence-corrected chi connectivity index (χ1v) is 5.11. The zero-order valence-corrected chi connectivity index (χ0v) is 9.21. The number of benzene rings is 1. The molecule has 0 atom stereocenters. The highest BCUT2D eigenvalue weighted by Gasteiger charge is 1.96. The highest BCUT2D eigenvalue weighted by molar-refractivity contribution is 9.10. The van der Waals surface area contributed by atoms with Crippen LogP contribution in [0.5, 0.6) is 0 Å². The molecular formula is C10H13BrN2. The predicted molar refractivity (Wildman–Crippen MR) is 60.3 cm³/mol. The maximum Gasteiger partial charge on any atom is 0.0996 e. The molecule has 0 unspecified atom stereocenters. The molecule has 2 N–H and O–H groups in total. The minimum atomic E-state index is 0.689. The predicted octanol–water partition coefficient (Wildman–Crippen LogP) is 3.24. The van der Waals surface area contributed by atoms with Crippen LogP contribution in [-0.2, 0) is 0 Å². The van der Waals surface area contributed by atoms with E-state index in [1.54, 1.807) is 0 Å². The van der Waals surface area contributed by atoms with E-state index >= 15 is 0 Å². The molecule has 0 saturated carbocycles. The molecular weight excluding hydrogens is 228 g/mol. The Morgan fingerprint density at radius 2 is 2.15 bits per heavy atom. The smallest absolute Gasteiger partial charge is 0.0996 e. The summed E-state index contributed by atoms with van der Waals surface area (Å²) in [4.78, 5) is 4.30. The number of hydrogen-bond donors (Lipinski definition) is 1. The Balaban J connectivity index is 2.84. The van der Waals surface area contributed by atoms with Gasteiger partial charge in [-0.1, -0.05) is 19.1 Å². The van der Waals surface area contributed by atoms with Crippen LogP contribution < -0.4 is 5.73 Å². The summed E-state index contributed by atoms with van der Waals surface area (Å²) in [6.45, 7) is 2.09. The fraction of sp³-hybridized carbons (Fsp3) is 0.300. The molecule has 70 valence electrons. The van der Waals surface area contributed by atoms with Gasteiger partial charge in [0.05, 0.1) is 11.5 Å². The van der Waals surface area contributed by atoms with Crippen LogP contribution in [0.4, 0.5) is 5.69 Å². The summed E-state index contributed by atoms with van der Waals surface area (Å²) in [7, 11) is 0. The first-order valence-electron chi connectivity index (χ1n) is 4.31. The normalized spacial score (nSPS) is 11.7. The summed E-state index contributed by atoms with van der Waals surface area (Å²) < 4.78 is 0.981. The van der Waals surface area contributed by atoms with E-state index < -0.39 is 0 Å². The lowest BCUT2D eigenvalue weighted by atomic mass is 10.3. The molecule has 0 fully saturated rings. The van der Waals surface area contributed by atoms with Gasteiger partial charge in [-0.25, -0.2) is 4.99 Å². The third kappa shape index (κ3) is 3.19. The van der Waals surface area contributed by atoms with Crippen molar-refractivity contribution in [1.82, 2.24) is 0 Å². The molecule has 1 aromatic rings. The molecule has 0 amide bonds. The molecule has 0 aliphatic rings. The number of rotatable bonds is 3. The third-order valence-corrected chi connectivity index (χ3v) is 2.29. The van der Waals surface area contributed by atoms with Gasteiger partial charge >= 0.3 is 0 Å². The minimum Gasteiger partial charge on any atom is -0.387 e. The van der Waals surface area contributed by atoms with Gasteiger partial charge in [-0.15, -0.1) is 0 Å². The Bertz CT molecular complexity index is 308. The molecule has 13 heavy (non-hydrogen) atoms. The zero-order valence-electron chi connectivity index (χ0n) is 7.63. The third-order valence-electron chi connectivity index (χ3n) is 1.62. The molecule has 0 spiro atoms. The number of halogens is 1.